The molecule has 1 aromatic heterocycles. The fourth-order valence-corrected chi connectivity index (χ4v) is 3.92. The van der Waals surface area contributed by atoms with E-state index in [-0.39, 0.29) is 32.7 Å². The second-order valence-electron chi connectivity index (χ2n) is 6.23. The molecular weight excluding hydrogens is 463 g/mol. The normalized spacial score (nSPS) is 10.9. The molecule has 0 aliphatic heterocycles. The van der Waals surface area contributed by atoms with Crippen LogP contribution in [-0.2, 0) is 14.8 Å². The highest BCUT2D eigenvalue weighted by atomic mass is 35.5. The second-order valence-corrected chi connectivity index (χ2v) is 8.73. The lowest BCUT2D eigenvalue weighted by molar-refractivity contribution is -0.115. The first-order valence-electron chi connectivity index (χ1n) is 8.80. The largest absolute Gasteiger partial charge is 0.343 e. The monoisotopic (exact) mass is 478 g/mol. The van der Waals surface area contributed by atoms with Crippen molar-refractivity contribution < 1.29 is 18.0 Å². The zero-order valence-corrected chi connectivity index (χ0v) is 18.1. The van der Waals surface area contributed by atoms with Crippen LogP contribution in [0.25, 0.3) is 0 Å². The van der Waals surface area contributed by atoms with E-state index in [1.54, 1.807) is 18.3 Å². The van der Waals surface area contributed by atoms with Crippen LogP contribution >= 0.6 is 23.2 Å². The van der Waals surface area contributed by atoms with E-state index in [4.69, 9.17) is 23.2 Å². The molecule has 0 fully saturated rings. The highest BCUT2D eigenvalue weighted by Crippen LogP contribution is 2.26. The van der Waals surface area contributed by atoms with Crippen molar-refractivity contribution in [1.82, 2.24) is 10.3 Å². The van der Waals surface area contributed by atoms with Crippen molar-refractivity contribution in [2.24, 2.45) is 0 Å². The molecule has 8 nitrogen and oxygen atoms in total. The van der Waals surface area contributed by atoms with Gasteiger partial charge in [0.05, 0.1) is 33.4 Å². The lowest BCUT2D eigenvalue weighted by atomic mass is 10.2. The van der Waals surface area contributed by atoms with Gasteiger partial charge >= 0.3 is 0 Å². The fraction of sp³-hybridized carbons (Fsp3) is 0.0500. The summed E-state index contributed by atoms with van der Waals surface area (Å²) >= 11 is 11.7. The van der Waals surface area contributed by atoms with E-state index in [0.29, 0.717) is 5.69 Å². The zero-order chi connectivity index (χ0) is 22.4. The molecule has 0 bridgehead atoms. The van der Waals surface area contributed by atoms with Crippen molar-refractivity contribution in [1.29, 1.82) is 0 Å². The number of rotatable bonds is 7. The van der Waals surface area contributed by atoms with Gasteiger partial charge in [-0.05, 0) is 48.5 Å². The van der Waals surface area contributed by atoms with Crippen molar-refractivity contribution in [3.63, 3.8) is 0 Å². The third kappa shape index (κ3) is 6.17. The standard InChI is InChI=1S/C20H16Cl2N4O4S/c21-17-7-6-16(10-18(17)22)31(29,30)26-14-4-1-3-13(9-14)20(28)24-12-19(27)25-15-5-2-8-23-11-15/h1-11,26H,12H2,(H,24,28)(H,25,27). The molecule has 3 aromatic rings. The second kappa shape index (κ2) is 9.78. The van der Waals surface area contributed by atoms with Crippen LogP contribution in [0.15, 0.2) is 71.9 Å². The molecule has 3 N–H and O–H groups in total. The number of anilines is 2. The molecule has 2 aromatic carbocycles. The topological polar surface area (TPSA) is 117 Å². The third-order valence-electron chi connectivity index (χ3n) is 3.93. The Morgan fingerprint density at radius 3 is 2.42 bits per heavy atom. The molecule has 0 spiro atoms. The van der Waals surface area contributed by atoms with Crippen LogP contribution in [-0.4, -0.2) is 31.8 Å². The summed E-state index contributed by atoms with van der Waals surface area (Å²) in [6.45, 7) is -0.271. The van der Waals surface area contributed by atoms with E-state index in [1.807, 2.05) is 0 Å². The smallest absolute Gasteiger partial charge is 0.261 e. The zero-order valence-electron chi connectivity index (χ0n) is 15.8. The molecule has 3 rings (SSSR count). The van der Waals surface area contributed by atoms with Gasteiger partial charge in [0.25, 0.3) is 15.9 Å². The van der Waals surface area contributed by atoms with Crippen molar-refractivity contribution in [3.8, 4) is 0 Å². The third-order valence-corrected chi connectivity index (χ3v) is 6.05. The van der Waals surface area contributed by atoms with Gasteiger partial charge in [-0.3, -0.25) is 19.3 Å². The van der Waals surface area contributed by atoms with Crippen molar-refractivity contribution in [2.75, 3.05) is 16.6 Å². The Morgan fingerprint density at radius 1 is 0.935 bits per heavy atom. The predicted molar refractivity (Wildman–Crippen MR) is 119 cm³/mol. The van der Waals surface area contributed by atoms with E-state index in [1.165, 1.54) is 48.7 Å². The van der Waals surface area contributed by atoms with Crippen LogP contribution in [0, 0.1) is 0 Å². The van der Waals surface area contributed by atoms with Gasteiger partial charge in [0.2, 0.25) is 5.91 Å². The van der Waals surface area contributed by atoms with E-state index in [9.17, 15) is 18.0 Å². The minimum absolute atomic E-state index is 0.0798. The molecule has 0 unspecified atom stereocenters. The summed E-state index contributed by atoms with van der Waals surface area (Å²) in [7, 11) is -3.95. The van der Waals surface area contributed by atoms with E-state index in [2.05, 4.69) is 20.3 Å². The molecule has 0 radical (unpaired) electrons. The number of amides is 2. The number of aromatic nitrogens is 1. The number of pyridine rings is 1. The van der Waals surface area contributed by atoms with Crippen molar-refractivity contribution >= 4 is 56.4 Å². The summed E-state index contributed by atoms with van der Waals surface area (Å²) in [5, 5.41) is 5.39. The molecule has 0 saturated heterocycles. The molecular formula is C20H16Cl2N4O4S. The Hall–Kier alpha value is -3.14. The Labute approximate surface area is 188 Å². The van der Waals surface area contributed by atoms with Crippen LogP contribution in [0.2, 0.25) is 10.0 Å². The Balaban J connectivity index is 1.64. The van der Waals surface area contributed by atoms with Gasteiger partial charge < -0.3 is 10.6 Å². The number of hydrogen-bond donors (Lipinski definition) is 3. The summed E-state index contributed by atoms with van der Waals surface area (Å²) < 4.78 is 27.5. The highest BCUT2D eigenvalue weighted by Gasteiger charge is 2.17. The number of halogens is 2. The summed E-state index contributed by atoms with van der Waals surface area (Å²) in [5.41, 5.74) is 0.836. The van der Waals surface area contributed by atoms with E-state index < -0.39 is 21.8 Å². The van der Waals surface area contributed by atoms with E-state index >= 15 is 0 Å². The minimum atomic E-state index is -3.95. The van der Waals surface area contributed by atoms with Gasteiger partial charge in [-0.15, -0.1) is 0 Å². The molecule has 31 heavy (non-hydrogen) atoms. The fourth-order valence-electron chi connectivity index (χ4n) is 2.49. The molecule has 1 heterocycles. The highest BCUT2D eigenvalue weighted by molar-refractivity contribution is 7.92. The van der Waals surface area contributed by atoms with Crippen molar-refractivity contribution in [3.05, 3.63) is 82.6 Å². The van der Waals surface area contributed by atoms with Gasteiger partial charge in [0, 0.05) is 17.4 Å². The van der Waals surface area contributed by atoms with Gasteiger partial charge in [0.15, 0.2) is 0 Å². The number of nitrogens with zero attached hydrogens (tertiary/aromatic N) is 1. The molecule has 0 aliphatic carbocycles. The summed E-state index contributed by atoms with van der Waals surface area (Å²) in [5.74, 6) is -0.977. The predicted octanol–water partition coefficient (Wildman–Crippen LogP) is 3.56. The first-order chi connectivity index (χ1) is 14.7. The number of sulfonamides is 1. The molecule has 0 aliphatic rings. The van der Waals surface area contributed by atoms with Crippen molar-refractivity contribution in [2.45, 2.75) is 4.90 Å². The molecule has 0 saturated carbocycles. The Kier molecular flexibility index (Phi) is 7.11. The maximum absolute atomic E-state index is 12.6. The summed E-state index contributed by atoms with van der Waals surface area (Å²) in [6.07, 6.45) is 3.04. The van der Waals surface area contributed by atoms with Gasteiger partial charge in [-0.25, -0.2) is 8.42 Å². The van der Waals surface area contributed by atoms with Gasteiger partial charge in [-0.2, -0.15) is 0 Å². The molecule has 11 heteroatoms. The number of carbonyl (C=O) groups excluding carboxylic acids is 2. The average molecular weight is 479 g/mol. The van der Waals surface area contributed by atoms with Crippen LogP contribution in [0.4, 0.5) is 11.4 Å². The van der Waals surface area contributed by atoms with Crippen LogP contribution in [0.3, 0.4) is 0 Å². The van der Waals surface area contributed by atoms with Gasteiger partial charge in [0.1, 0.15) is 0 Å². The van der Waals surface area contributed by atoms with Crippen LogP contribution in [0.1, 0.15) is 10.4 Å². The average Bonchev–Trinajstić information content (AvgIpc) is 2.74. The number of nitrogens with one attached hydrogen (secondary N) is 3. The number of benzene rings is 2. The lowest BCUT2D eigenvalue weighted by Crippen LogP contribution is -2.32. The van der Waals surface area contributed by atoms with Crippen LogP contribution in [0.5, 0.6) is 0 Å². The minimum Gasteiger partial charge on any atom is -0.343 e. The first kappa shape index (κ1) is 22.5. The maximum Gasteiger partial charge on any atom is 0.261 e. The molecule has 2 amide bonds. The molecule has 160 valence electrons. The summed E-state index contributed by atoms with van der Waals surface area (Å²) in [6, 6.07) is 13.1. The van der Waals surface area contributed by atoms with Gasteiger partial charge in [-0.1, -0.05) is 29.3 Å². The summed E-state index contributed by atoms with van der Waals surface area (Å²) in [4.78, 5) is 28.1. The quantitative estimate of drug-likeness (QED) is 0.479. The first-order valence-corrected chi connectivity index (χ1v) is 11.0. The Bertz CT molecular complexity index is 1220. The van der Waals surface area contributed by atoms with E-state index in [0.717, 1.165) is 0 Å². The maximum atomic E-state index is 12.6. The Morgan fingerprint density at radius 2 is 1.71 bits per heavy atom. The number of hydrogen-bond acceptors (Lipinski definition) is 5. The lowest BCUT2D eigenvalue weighted by Gasteiger charge is -2.11. The molecule has 0 atom stereocenters. The SMILES string of the molecule is O=C(CNC(=O)c1cccc(NS(=O)(=O)c2ccc(Cl)c(Cl)c2)c1)Nc1cccnc1. The van der Waals surface area contributed by atoms with Crippen LogP contribution < -0.4 is 15.4 Å². The number of carbonyl (C=O) groups is 2.